The van der Waals surface area contributed by atoms with Crippen molar-refractivity contribution in [2.45, 2.75) is 41.0 Å². The van der Waals surface area contributed by atoms with Gasteiger partial charge in [0, 0.05) is 10.9 Å². The van der Waals surface area contributed by atoms with E-state index >= 15 is 0 Å². The first kappa shape index (κ1) is 20.8. The van der Waals surface area contributed by atoms with Gasteiger partial charge < -0.3 is 14.5 Å². The van der Waals surface area contributed by atoms with Crippen LogP contribution in [0.3, 0.4) is 0 Å². The minimum Gasteiger partial charge on any atom is -0.464 e. The van der Waals surface area contributed by atoms with Crippen molar-refractivity contribution in [3.63, 3.8) is 0 Å². The molecule has 1 N–H and O–H groups in total. The van der Waals surface area contributed by atoms with Crippen molar-refractivity contribution in [2.24, 2.45) is 0 Å². The number of ketones is 1. The number of hydrogen-bond acceptors (Lipinski definition) is 6. The van der Waals surface area contributed by atoms with Crippen LogP contribution in [0.15, 0.2) is 22.8 Å². The van der Waals surface area contributed by atoms with Gasteiger partial charge in [-0.2, -0.15) is 0 Å². The Kier molecular flexibility index (Phi) is 5.88. The molecule has 29 heavy (non-hydrogen) atoms. The second-order valence-corrected chi connectivity index (χ2v) is 7.93. The highest BCUT2D eigenvalue weighted by Crippen LogP contribution is 2.34. The van der Waals surface area contributed by atoms with Crippen molar-refractivity contribution in [3.05, 3.63) is 51.1 Å². The van der Waals surface area contributed by atoms with Gasteiger partial charge in [-0.15, -0.1) is 11.3 Å². The number of carbonyl (C=O) groups excluding carboxylic acids is 3. The average Bonchev–Trinajstić information content (AvgIpc) is 3.20. The first-order chi connectivity index (χ1) is 13.7. The summed E-state index contributed by atoms with van der Waals surface area (Å²) in [5.41, 5.74) is 4.45. The summed E-state index contributed by atoms with van der Waals surface area (Å²) in [4.78, 5) is 37.4. The number of carbonyl (C=O) groups is 3. The van der Waals surface area contributed by atoms with Gasteiger partial charge in [-0.25, -0.2) is 4.79 Å². The predicted molar refractivity (Wildman–Crippen MR) is 113 cm³/mol. The maximum absolute atomic E-state index is 12.7. The minimum absolute atomic E-state index is 0.0874. The standard InChI is InChI=1S/C22H23NO5S/c1-6-27-22(26)18-13(4)20(14(5)24)29-21(18)23-17(25)9-15-10-28-19-12(3)11(2)7-8-16(15)19/h7-8,10H,6,9H2,1-5H3,(H,23,25). The van der Waals surface area contributed by atoms with E-state index in [9.17, 15) is 14.4 Å². The normalized spacial score (nSPS) is 10.9. The molecule has 6 nitrogen and oxygen atoms in total. The molecule has 7 heteroatoms. The number of rotatable bonds is 6. The van der Waals surface area contributed by atoms with Gasteiger partial charge in [-0.3, -0.25) is 9.59 Å². The molecule has 0 spiro atoms. The lowest BCUT2D eigenvalue weighted by Gasteiger charge is -2.07. The van der Waals surface area contributed by atoms with Crippen molar-refractivity contribution in [1.29, 1.82) is 0 Å². The third-order valence-corrected chi connectivity index (χ3v) is 6.20. The number of Topliss-reactive ketones (excluding diaryl/α,β-unsaturated/α-hetero) is 1. The van der Waals surface area contributed by atoms with Crippen LogP contribution in [0, 0.1) is 20.8 Å². The molecule has 2 aromatic heterocycles. The number of fused-ring (bicyclic) bond motifs is 1. The first-order valence-corrected chi connectivity index (χ1v) is 10.1. The van der Waals surface area contributed by atoms with Crippen LogP contribution < -0.4 is 5.32 Å². The number of benzene rings is 1. The second kappa shape index (κ2) is 8.21. The summed E-state index contributed by atoms with van der Waals surface area (Å²) in [6, 6.07) is 3.94. The first-order valence-electron chi connectivity index (χ1n) is 9.32. The van der Waals surface area contributed by atoms with Crippen molar-refractivity contribution in [1.82, 2.24) is 0 Å². The Bertz CT molecular complexity index is 1120. The lowest BCUT2D eigenvalue weighted by atomic mass is 10.0. The highest BCUT2D eigenvalue weighted by Gasteiger charge is 2.25. The number of ether oxygens (including phenoxy) is 1. The van der Waals surface area contributed by atoms with Crippen LogP contribution >= 0.6 is 11.3 Å². The van der Waals surface area contributed by atoms with Crippen LogP contribution in [0.5, 0.6) is 0 Å². The van der Waals surface area contributed by atoms with E-state index < -0.39 is 5.97 Å². The van der Waals surface area contributed by atoms with Gasteiger partial charge in [-0.05, 0) is 51.3 Å². The zero-order valence-corrected chi connectivity index (χ0v) is 17.9. The molecule has 0 atom stereocenters. The molecule has 0 radical (unpaired) electrons. The van der Waals surface area contributed by atoms with Crippen LogP contribution in [0.25, 0.3) is 11.0 Å². The molecule has 0 fully saturated rings. The highest BCUT2D eigenvalue weighted by atomic mass is 32.1. The van der Waals surface area contributed by atoms with Gasteiger partial charge in [0.1, 0.15) is 10.6 Å². The van der Waals surface area contributed by atoms with Crippen molar-refractivity contribution in [3.8, 4) is 0 Å². The molecule has 1 aromatic carbocycles. The van der Waals surface area contributed by atoms with E-state index in [1.807, 2.05) is 26.0 Å². The zero-order valence-electron chi connectivity index (χ0n) is 17.1. The second-order valence-electron chi connectivity index (χ2n) is 6.91. The molecule has 3 rings (SSSR count). The van der Waals surface area contributed by atoms with Gasteiger partial charge >= 0.3 is 5.97 Å². The fraction of sp³-hybridized carbons (Fsp3) is 0.318. The summed E-state index contributed by atoms with van der Waals surface area (Å²) < 4.78 is 10.8. The summed E-state index contributed by atoms with van der Waals surface area (Å²) in [6.45, 7) is 9.01. The molecule has 0 aliphatic rings. The zero-order chi connectivity index (χ0) is 21.3. The third kappa shape index (κ3) is 3.96. The molecular weight excluding hydrogens is 390 g/mol. The molecule has 0 saturated heterocycles. The molecule has 152 valence electrons. The van der Waals surface area contributed by atoms with E-state index in [1.165, 1.54) is 6.92 Å². The summed E-state index contributed by atoms with van der Waals surface area (Å²) in [5, 5.41) is 4.00. The van der Waals surface area contributed by atoms with Crippen LogP contribution in [-0.2, 0) is 16.0 Å². The molecule has 1 amide bonds. The number of thiophene rings is 1. The number of hydrogen-bond donors (Lipinski definition) is 1. The van der Waals surface area contributed by atoms with E-state index in [0.29, 0.717) is 15.4 Å². The predicted octanol–water partition coefficient (Wildman–Crippen LogP) is 4.98. The molecular formula is C22H23NO5S. The summed E-state index contributed by atoms with van der Waals surface area (Å²) >= 11 is 1.09. The van der Waals surface area contributed by atoms with Gasteiger partial charge in [0.25, 0.3) is 0 Å². The number of anilines is 1. The number of aryl methyl sites for hydroxylation is 2. The van der Waals surface area contributed by atoms with Crippen molar-refractivity contribution in [2.75, 3.05) is 11.9 Å². The van der Waals surface area contributed by atoms with E-state index in [-0.39, 0.29) is 30.3 Å². The number of nitrogens with one attached hydrogen (secondary N) is 1. The Morgan fingerprint density at radius 2 is 1.86 bits per heavy atom. The molecule has 0 aliphatic carbocycles. The van der Waals surface area contributed by atoms with Crippen LogP contribution in [0.4, 0.5) is 5.00 Å². The highest BCUT2D eigenvalue weighted by molar-refractivity contribution is 7.18. The van der Waals surface area contributed by atoms with E-state index in [0.717, 1.165) is 39.0 Å². The largest absolute Gasteiger partial charge is 0.464 e. The van der Waals surface area contributed by atoms with Gasteiger partial charge in [-0.1, -0.05) is 12.1 Å². The summed E-state index contributed by atoms with van der Waals surface area (Å²) in [5.74, 6) is -1.01. The third-order valence-electron chi connectivity index (χ3n) is 4.89. The molecule has 0 aliphatic heterocycles. The Balaban J connectivity index is 1.89. The molecule has 0 saturated carbocycles. The molecule has 0 bridgehead atoms. The minimum atomic E-state index is -0.552. The fourth-order valence-corrected chi connectivity index (χ4v) is 4.36. The van der Waals surface area contributed by atoms with Gasteiger partial charge in [0.05, 0.1) is 29.7 Å². The van der Waals surface area contributed by atoms with E-state index in [2.05, 4.69) is 5.32 Å². The summed E-state index contributed by atoms with van der Waals surface area (Å²) in [7, 11) is 0. The molecule has 0 unspecified atom stereocenters. The van der Waals surface area contributed by atoms with Crippen molar-refractivity contribution < 1.29 is 23.5 Å². The number of esters is 1. The smallest absolute Gasteiger partial charge is 0.341 e. The Hall–Kier alpha value is -2.93. The topological polar surface area (TPSA) is 85.6 Å². The lowest BCUT2D eigenvalue weighted by molar-refractivity contribution is -0.115. The van der Waals surface area contributed by atoms with E-state index in [4.69, 9.17) is 9.15 Å². The number of furan rings is 1. The Morgan fingerprint density at radius 3 is 2.52 bits per heavy atom. The quantitative estimate of drug-likeness (QED) is 0.455. The van der Waals surface area contributed by atoms with E-state index in [1.54, 1.807) is 20.1 Å². The maximum Gasteiger partial charge on any atom is 0.341 e. The SMILES string of the molecule is CCOC(=O)c1c(NC(=O)Cc2coc3c(C)c(C)ccc23)sc(C(C)=O)c1C. The Morgan fingerprint density at radius 1 is 1.14 bits per heavy atom. The number of amides is 1. The lowest BCUT2D eigenvalue weighted by Crippen LogP contribution is -2.16. The summed E-state index contributed by atoms with van der Waals surface area (Å²) in [6.07, 6.45) is 1.67. The average molecular weight is 413 g/mol. The fourth-order valence-electron chi connectivity index (χ4n) is 3.26. The van der Waals surface area contributed by atoms with Crippen molar-refractivity contribution >= 4 is 45.0 Å². The van der Waals surface area contributed by atoms with Crippen LogP contribution in [0.1, 0.15) is 56.1 Å². The maximum atomic E-state index is 12.7. The Labute approximate surface area is 172 Å². The monoisotopic (exact) mass is 413 g/mol. The van der Waals surface area contributed by atoms with Gasteiger partial charge in [0.15, 0.2) is 5.78 Å². The van der Waals surface area contributed by atoms with Gasteiger partial charge in [0.2, 0.25) is 5.91 Å². The molecule has 2 heterocycles. The van der Waals surface area contributed by atoms with Crippen LogP contribution in [-0.4, -0.2) is 24.3 Å². The molecule has 3 aromatic rings. The van der Waals surface area contributed by atoms with Crippen LogP contribution in [0.2, 0.25) is 0 Å².